The standard InChI is InChI=1S/C30H35N11O2/c1-18-14-33-29(35-24-13-19(2)40(5)38-24)37-27(18)22-15-32-28-21(22)7-6-8-23(28)34-26(42)17-41-12-10-20(16-41)43-30-31-11-9-25(36-30)39(3)4/h6-9,11,13-15,20,32H,10,12,16-17H2,1-5H3,(H,34,42)(H,33,35,37,38). The number of aromatic nitrogens is 7. The molecule has 5 aromatic rings. The molecule has 43 heavy (non-hydrogen) atoms. The number of aromatic amines is 1. The summed E-state index contributed by atoms with van der Waals surface area (Å²) >= 11 is 0. The van der Waals surface area contributed by atoms with Gasteiger partial charge in [0, 0.05) is 75.5 Å². The molecular weight excluding hydrogens is 546 g/mol. The Labute approximate surface area is 249 Å². The van der Waals surface area contributed by atoms with Crippen LogP contribution in [0.5, 0.6) is 6.01 Å². The van der Waals surface area contributed by atoms with Gasteiger partial charge in [-0.15, -0.1) is 0 Å². The highest BCUT2D eigenvalue weighted by atomic mass is 16.5. The van der Waals surface area contributed by atoms with Crippen LogP contribution in [0.3, 0.4) is 0 Å². The molecule has 0 bridgehead atoms. The molecule has 1 aliphatic heterocycles. The molecule has 1 aliphatic rings. The number of likely N-dealkylation sites (tertiary alicyclic amines) is 1. The van der Waals surface area contributed by atoms with Crippen LogP contribution < -0.4 is 20.3 Å². The van der Waals surface area contributed by atoms with Crippen LogP contribution in [0, 0.1) is 13.8 Å². The normalized spacial score (nSPS) is 15.1. The third-order valence-electron chi connectivity index (χ3n) is 7.52. The number of fused-ring (bicyclic) bond motifs is 1. The van der Waals surface area contributed by atoms with Crippen molar-refractivity contribution in [3.05, 3.63) is 60.2 Å². The summed E-state index contributed by atoms with van der Waals surface area (Å²) in [6, 6.07) is 9.98. The van der Waals surface area contributed by atoms with Gasteiger partial charge in [0.1, 0.15) is 11.9 Å². The Morgan fingerprint density at radius 2 is 2.05 bits per heavy atom. The molecule has 1 fully saturated rings. The van der Waals surface area contributed by atoms with Crippen molar-refractivity contribution in [1.82, 2.24) is 39.6 Å². The van der Waals surface area contributed by atoms with Crippen LogP contribution in [0.2, 0.25) is 0 Å². The van der Waals surface area contributed by atoms with Crippen LogP contribution in [-0.2, 0) is 11.8 Å². The number of aryl methyl sites for hydroxylation is 3. The summed E-state index contributed by atoms with van der Waals surface area (Å²) in [7, 11) is 5.74. The molecule has 3 N–H and O–H groups in total. The molecule has 1 atom stereocenters. The fourth-order valence-corrected chi connectivity index (χ4v) is 5.18. The molecule has 1 unspecified atom stereocenters. The Morgan fingerprint density at radius 1 is 1.19 bits per heavy atom. The fraction of sp³-hybridized carbons (Fsp3) is 0.333. The predicted octanol–water partition coefficient (Wildman–Crippen LogP) is 3.67. The number of ether oxygens (including phenoxy) is 1. The Kier molecular flexibility index (Phi) is 7.63. The summed E-state index contributed by atoms with van der Waals surface area (Å²) < 4.78 is 7.80. The number of nitrogens with zero attached hydrogens (tertiary/aromatic N) is 8. The first-order chi connectivity index (χ1) is 20.7. The highest BCUT2D eigenvalue weighted by Crippen LogP contribution is 2.33. The van der Waals surface area contributed by atoms with Gasteiger partial charge in [-0.2, -0.15) is 10.1 Å². The summed E-state index contributed by atoms with van der Waals surface area (Å²) in [5, 5.41) is 11.7. The average Bonchev–Trinajstić information content (AvgIpc) is 3.69. The number of carbonyl (C=O) groups is 1. The highest BCUT2D eigenvalue weighted by molar-refractivity contribution is 6.06. The highest BCUT2D eigenvalue weighted by Gasteiger charge is 2.26. The van der Waals surface area contributed by atoms with Crippen LogP contribution in [0.4, 0.5) is 23.3 Å². The zero-order valence-electron chi connectivity index (χ0n) is 24.9. The van der Waals surface area contributed by atoms with Gasteiger partial charge in [-0.25, -0.2) is 15.0 Å². The van der Waals surface area contributed by atoms with E-state index in [2.05, 4.69) is 40.6 Å². The lowest BCUT2D eigenvalue weighted by Gasteiger charge is -2.17. The van der Waals surface area contributed by atoms with E-state index in [1.807, 2.05) is 76.4 Å². The van der Waals surface area contributed by atoms with Gasteiger partial charge in [0.25, 0.3) is 0 Å². The average molecular weight is 582 g/mol. The molecular formula is C30H35N11O2. The van der Waals surface area contributed by atoms with Gasteiger partial charge in [0.05, 0.1) is 23.4 Å². The van der Waals surface area contributed by atoms with Gasteiger partial charge in [-0.05, 0) is 38.0 Å². The van der Waals surface area contributed by atoms with E-state index in [1.54, 1.807) is 17.1 Å². The molecule has 6 rings (SSSR count). The third-order valence-corrected chi connectivity index (χ3v) is 7.52. The first-order valence-corrected chi connectivity index (χ1v) is 14.1. The maximum absolute atomic E-state index is 13.1. The fourth-order valence-electron chi connectivity index (χ4n) is 5.18. The monoisotopic (exact) mass is 581 g/mol. The maximum Gasteiger partial charge on any atom is 0.318 e. The number of benzene rings is 1. The van der Waals surface area contributed by atoms with Gasteiger partial charge in [0.2, 0.25) is 11.9 Å². The van der Waals surface area contributed by atoms with E-state index >= 15 is 0 Å². The molecule has 1 saturated heterocycles. The molecule has 0 spiro atoms. The van der Waals surface area contributed by atoms with Crippen molar-refractivity contribution in [3.63, 3.8) is 0 Å². The zero-order chi connectivity index (χ0) is 30.1. The summed E-state index contributed by atoms with van der Waals surface area (Å²) in [6.07, 6.45) is 6.13. The van der Waals surface area contributed by atoms with Crippen molar-refractivity contribution < 1.29 is 9.53 Å². The molecule has 13 heteroatoms. The lowest BCUT2D eigenvalue weighted by molar-refractivity contribution is -0.117. The Morgan fingerprint density at radius 3 is 2.84 bits per heavy atom. The van der Waals surface area contributed by atoms with E-state index in [9.17, 15) is 4.79 Å². The van der Waals surface area contributed by atoms with Crippen LogP contribution in [0.1, 0.15) is 17.7 Å². The maximum atomic E-state index is 13.1. The van der Waals surface area contributed by atoms with Crippen molar-refractivity contribution in [2.24, 2.45) is 7.05 Å². The molecule has 222 valence electrons. The SMILES string of the molecule is Cc1cnc(Nc2cc(C)n(C)n2)nc1-c1c[nH]c2c(NC(=O)CN3CCC(Oc4nccc(N(C)C)n4)C3)cccc12. The second kappa shape index (κ2) is 11.7. The molecule has 0 saturated carbocycles. The largest absolute Gasteiger partial charge is 0.459 e. The summed E-state index contributed by atoms with van der Waals surface area (Å²) in [4.78, 5) is 38.4. The summed E-state index contributed by atoms with van der Waals surface area (Å²) in [5.74, 6) is 1.83. The Bertz CT molecular complexity index is 1760. The first kappa shape index (κ1) is 28.1. The second-order valence-electron chi connectivity index (χ2n) is 11.0. The number of hydrogen-bond acceptors (Lipinski definition) is 10. The van der Waals surface area contributed by atoms with E-state index in [-0.39, 0.29) is 18.6 Å². The second-order valence-corrected chi connectivity index (χ2v) is 11.0. The van der Waals surface area contributed by atoms with Gasteiger partial charge < -0.3 is 25.3 Å². The van der Waals surface area contributed by atoms with Crippen molar-refractivity contribution in [1.29, 1.82) is 0 Å². The van der Waals surface area contributed by atoms with Gasteiger partial charge in [-0.1, -0.05) is 12.1 Å². The Balaban J connectivity index is 1.12. The topological polar surface area (TPSA) is 142 Å². The Hall–Kier alpha value is -5.04. The smallest absolute Gasteiger partial charge is 0.318 e. The summed E-state index contributed by atoms with van der Waals surface area (Å²) in [5.41, 5.74) is 5.22. The minimum atomic E-state index is -0.0921. The number of nitrogens with one attached hydrogen (secondary N) is 3. The molecule has 1 amide bonds. The minimum absolute atomic E-state index is 0.0724. The van der Waals surface area contributed by atoms with Crippen molar-refractivity contribution in [2.75, 3.05) is 49.3 Å². The molecule has 0 radical (unpaired) electrons. The number of para-hydroxylation sites is 1. The lowest BCUT2D eigenvalue weighted by atomic mass is 10.1. The zero-order valence-corrected chi connectivity index (χ0v) is 24.9. The number of carbonyl (C=O) groups excluding carboxylic acids is 1. The number of H-pyrrole nitrogens is 1. The quantitative estimate of drug-likeness (QED) is 0.236. The third kappa shape index (κ3) is 6.11. The number of hydrogen-bond donors (Lipinski definition) is 3. The number of anilines is 4. The van der Waals surface area contributed by atoms with Crippen LogP contribution >= 0.6 is 0 Å². The molecule has 4 aromatic heterocycles. The van der Waals surface area contributed by atoms with Crippen LogP contribution in [0.25, 0.3) is 22.2 Å². The van der Waals surface area contributed by atoms with Crippen molar-refractivity contribution >= 4 is 40.1 Å². The number of amides is 1. The van der Waals surface area contributed by atoms with E-state index in [0.29, 0.717) is 30.0 Å². The minimum Gasteiger partial charge on any atom is -0.459 e. The predicted molar refractivity (Wildman–Crippen MR) is 166 cm³/mol. The van der Waals surface area contributed by atoms with Crippen LogP contribution in [-0.4, -0.2) is 85.3 Å². The molecule has 5 heterocycles. The van der Waals surface area contributed by atoms with Gasteiger partial charge in [0.15, 0.2) is 5.82 Å². The number of rotatable bonds is 9. The first-order valence-electron chi connectivity index (χ1n) is 14.1. The molecule has 13 nitrogen and oxygen atoms in total. The molecule has 0 aliphatic carbocycles. The molecule has 1 aromatic carbocycles. The van der Waals surface area contributed by atoms with Gasteiger partial charge in [-0.3, -0.25) is 14.4 Å². The van der Waals surface area contributed by atoms with E-state index < -0.39 is 0 Å². The van der Waals surface area contributed by atoms with E-state index in [4.69, 9.17) is 9.72 Å². The van der Waals surface area contributed by atoms with Crippen molar-refractivity contribution in [3.8, 4) is 17.3 Å². The van der Waals surface area contributed by atoms with Crippen LogP contribution in [0.15, 0.2) is 48.9 Å². The van der Waals surface area contributed by atoms with Crippen molar-refractivity contribution in [2.45, 2.75) is 26.4 Å². The van der Waals surface area contributed by atoms with E-state index in [0.717, 1.165) is 52.2 Å². The summed E-state index contributed by atoms with van der Waals surface area (Å²) in [6.45, 7) is 5.60. The van der Waals surface area contributed by atoms with Gasteiger partial charge >= 0.3 is 6.01 Å². The van der Waals surface area contributed by atoms with E-state index in [1.165, 1.54) is 0 Å². The lowest BCUT2D eigenvalue weighted by Crippen LogP contribution is -2.33.